The molecule has 0 aromatic heterocycles. The van der Waals surface area contributed by atoms with Gasteiger partial charge in [0, 0.05) is 13.6 Å². The van der Waals surface area contributed by atoms with Gasteiger partial charge in [-0.05, 0) is 17.7 Å². The fourth-order valence-corrected chi connectivity index (χ4v) is 2.72. The molecule has 0 spiro atoms. The molecule has 4 amide bonds. The van der Waals surface area contributed by atoms with Gasteiger partial charge in [0.25, 0.3) is 0 Å². The summed E-state index contributed by atoms with van der Waals surface area (Å²) < 4.78 is 0. The number of amides is 4. The van der Waals surface area contributed by atoms with Crippen LogP contribution in [0.25, 0.3) is 0 Å². The van der Waals surface area contributed by atoms with Crippen LogP contribution in [0, 0.1) is 0 Å². The smallest absolute Gasteiger partial charge is 0.315 e. The van der Waals surface area contributed by atoms with E-state index in [0.717, 1.165) is 5.56 Å². The zero-order valence-corrected chi connectivity index (χ0v) is 16.7. The highest BCUT2D eigenvalue weighted by Crippen LogP contribution is 2.29. The van der Waals surface area contributed by atoms with Gasteiger partial charge in [0.05, 0.1) is 28.8 Å². The molecular formula is C19H20Cl2N4O3. The molecule has 2 aromatic carbocycles. The van der Waals surface area contributed by atoms with E-state index in [-0.39, 0.29) is 18.8 Å². The topological polar surface area (TPSA) is 90.5 Å². The molecule has 7 nitrogen and oxygen atoms in total. The molecule has 28 heavy (non-hydrogen) atoms. The van der Waals surface area contributed by atoms with E-state index in [1.54, 1.807) is 18.2 Å². The molecule has 0 saturated carbocycles. The molecule has 3 N–H and O–H groups in total. The summed E-state index contributed by atoms with van der Waals surface area (Å²) in [5.41, 5.74) is 1.23. The maximum Gasteiger partial charge on any atom is 0.315 e. The van der Waals surface area contributed by atoms with Gasteiger partial charge in [0.15, 0.2) is 0 Å². The average molecular weight is 423 g/mol. The maximum absolute atomic E-state index is 12.1. The van der Waals surface area contributed by atoms with Gasteiger partial charge in [-0.15, -0.1) is 0 Å². The monoisotopic (exact) mass is 422 g/mol. The first-order chi connectivity index (χ1) is 13.4. The van der Waals surface area contributed by atoms with E-state index in [4.69, 9.17) is 23.2 Å². The van der Waals surface area contributed by atoms with E-state index in [1.165, 1.54) is 11.9 Å². The summed E-state index contributed by atoms with van der Waals surface area (Å²) in [4.78, 5) is 37.2. The predicted molar refractivity (Wildman–Crippen MR) is 109 cm³/mol. The van der Waals surface area contributed by atoms with Crippen molar-refractivity contribution in [3.63, 3.8) is 0 Å². The van der Waals surface area contributed by atoms with Crippen molar-refractivity contribution in [1.29, 1.82) is 0 Å². The number of carbonyl (C=O) groups excluding carboxylic acids is 3. The van der Waals surface area contributed by atoms with Gasteiger partial charge in [0.1, 0.15) is 0 Å². The Morgan fingerprint density at radius 3 is 2.21 bits per heavy atom. The summed E-state index contributed by atoms with van der Waals surface area (Å²) in [6.45, 7) is -0.108. The third-order valence-electron chi connectivity index (χ3n) is 3.73. The first-order valence-electron chi connectivity index (χ1n) is 8.40. The van der Waals surface area contributed by atoms with Gasteiger partial charge in [-0.2, -0.15) is 0 Å². The van der Waals surface area contributed by atoms with E-state index in [2.05, 4.69) is 16.0 Å². The summed E-state index contributed by atoms with van der Waals surface area (Å²) in [7, 11) is 1.46. The van der Waals surface area contributed by atoms with Crippen LogP contribution < -0.4 is 16.0 Å². The third-order valence-corrected chi connectivity index (χ3v) is 4.36. The molecule has 0 atom stereocenters. The van der Waals surface area contributed by atoms with Gasteiger partial charge in [0.2, 0.25) is 11.8 Å². The Kier molecular flexibility index (Phi) is 8.10. The summed E-state index contributed by atoms with van der Waals surface area (Å²) >= 11 is 12.0. The van der Waals surface area contributed by atoms with Crippen molar-refractivity contribution in [1.82, 2.24) is 15.5 Å². The Bertz CT molecular complexity index is 826. The zero-order valence-electron chi connectivity index (χ0n) is 15.2. The molecule has 0 aliphatic heterocycles. The molecular weight excluding hydrogens is 403 g/mol. The lowest BCUT2D eigenvalue weighted by Gasteiger charge is -2.18. The standard InChI is InChI=1S/C19H20Cl2N4O3/c1-25(12-16(26)24-18-14(20)8-5-9-15(18)21)17(27)11-23-19(28)22-10-13-6-3-2-4-7-13/h2-9H,10-12H2,1H3,(H,24,26)(H2,22,23,28). The van der Waals surface area contributed by atoms with Gasteiger partial charge < -0.3 is 20.9 Å². The molecule has 0 radical (unpaired) electrons. The number of benzene rings is 2. The van der Waals surface area contributed by atoms with Crippen LogP contribution in [0.4, 0.5) is 10.5 Å². The second-order valence-corrected chi connectivity index (χ2v) is 6.73. The molecule has 0 fully saturated rings. The van der Waals surface area contributed by atoms with Crippen molar-refractivity contribution < 1.29 is 14.4 Å². The summed E-state index contributed by atoms with van der Waals surface area (Å²) in [5, 5.41) is 8.28. The van der Waals surface area contributed by atoms with Crippen molar-refractivity contribution in [3.05, 3.63) is 64.1 Å². The third kappa shape index (κ3) is 6.75. The molecule has 0 bridgehead atoms. The molecule has 2 aromatic rings. The van der Waals surface area contributed by atoms with Gasteiger partial charge in [-0.25, -0.2) is 4.79 Å². The van der Waals surface area contributed by atoms with Crippen LogP contribution in [0.2, 0.25) is 10.0 Å². The molecule has 0 saturated heterocycles. The lowest BCUT2D eigenvalue weighted by molar-refractivity contribution is -0.132. The number of urea groups is 1. The number of hydrogen-bond acceptors (Lipinski definition) is 3. The van der Waals surface area contributed by atoms with E-state index in [9.17, 15) is 14.4 Å². The van der Waals surface area contributed by atoms with Crippen LogP contribution in [0.15, 0.2) is 48.5 Å². The summed E-state index contributed by atoms with van der Waals surface area (Å²) in [6.07, 6.45) is 0. The van der Waals surface area contributed by atoms with Crippen molar-refractivity contribution in [2.75, 3.05) is 25.5 Å². The highest BCUT2D eigenvalue weighted by molar-refractivity contribution is 6.39. The fourth-order valence-electron chi connectivity index (χ4n) is 2.23. The van der Waals surface area contributed by atoms with Gasteiger partial charge in [-0.3, -0.25) is 9.59 Å². The van der Waals surface area contributed by atoms with Crippen molar-refractivity contribution >= 4 is 46.7 Å². The Morgan fingerprint density at radius 1 is 0.929 bits per heavy atom. The largest absolute Gasteiger partial charge is 0.335 e. The lowest BCUT2D eigenvalue weighted by atomic mass is 10.2. The number of nitrogens with one attached hydrogen (secondary N) is 3. The Labute approximate surface area is 173 Å². The number of halogens is 2. The van der Waals surface area contributed by atoms with Crippen LogP contribution in [0.5, 0.6) is 0 Å². The highest BCUT2D eigenvalue weighted by atomic mass is 35.5. The fraction of sp³-hybridized carbons (Fsp3) is 0.211. The Hall–Kier alpha value is -2.77. The minimum Gasteiger partial charge on any atom is -0.335 e. The van der Waals surface area contributed by atoms with Crippen molar-refractivity contribution in [2.24, 2.45) is 0 Å². The van der Waals surface area contributed by atoms with Gasteiger partial charge >= 0.3 is 6.03 Å². The molecule has 0 heterocycles. The van der Waals surface area contributed by atoms with Crippen LogP contribution in [0.3, 0.4) is 0 Å². The summed E-state index contributed by atoms with van der Waals surface area (Å²) in [6, 6.07) is 13.7. The average Bonchev–Trinajstić information content (AvgIpc) is 2.68. The molecule has 148 valence electrons. The maximum atomic E-state index is 12.1. The SMILES string of the molecule is CN(CC(=O)Nc1c(Cl)cccc1Cl)C(=O)CNC(=O)NCc1ccccc1. The number of carbonyl (C=O) groups is 3. The second kappa shape index (κ2) is 10.5. The van der Waals surface area contributed by atoms with E-state index in [1.807, 2.05) is 30.3 Å². The molecule has 2 rings (SSSR count). The first-order valence-corrected chi connectivity index (χ1v) is 9.16. The van der Waals surface area contributed by atoms with Crippen LogP contribution >= 0.6 is 23.2 Å². The second-order valence-electron chi connectivity index (χ2n) is 5.92. The number of rotatable bonds is 7. The number of nitrogens with zero attached hydrogens (tertiary/aromatic N) is 1. The highest BCUT2D eigenvalue weighted by Gasteiger charge is 2.16. The number of para-hydroxylation sites is 1. The quantitative estimate of drug-likeness (QED) is 0.640. The summed E-state index contributed by atoms with van der Waals surface area (Å²) in [5.74, 6) is -0.880. The molecule has 9 heteroatoms. The normalized spacial score (nSPS) is 10.1. The number of anilines is 1. The number of likely N-dealkylation sites (N-methyl/N-ethyl adjacent to an activating group) is 1. The van der Waals surface area contributed by atoms with Crippen molar-refractivity contribution in [2.45, 2.75) is 6.54 Å². The van der Waals surface area contributed by atoms with Gasteiger partial charge in [-0.1, -0.05) is 59.6 Å². The van der Waals surface area contributed by atoms with Crippen LogP contribution in [0.1, 0.15) is 5.56 Å². The lowest BCUT2D eigenvalue weighted by Crippen LogP contribution is -2.44. The molecule has 0 aliphatic carbocycles. The van der Waals surface area contributed by atoms with Crippen LogP contribution in [-0.4, -0.2) is 42.9 Å². The molecule has 0 unspecified atom stereocenters. The predicted octanol–water partition coefficient (Wildman–Crippen LogP) is 2.89. The van der Waals surface area contributed by atoms with Crippen LogP contribution in [-0.2, 0) is 16.1 Å². The molecule has 0 aliphatic rings. The Morgan fingerprint density at radius 2 is 1.57 bits per heavy atom. The zero-order chi connectivity index (χ0) is 20.5. The Balaban J connectivity index is 1.74. The minimum atomic E-state index is -0.474. The minimum absolute atomic E-state index is 0.215. The van der Waals surface area contributed by atoms with E-state index in [0.29, 0.717) is 16.6 Å². The van der Waals surface area contributed by atoms with Crippen molar-refractivity contribution in [3.8, 4) is 0 Å². The first kappa shape index (κ1) is 21.5. The number of hydrogen-bond donors (Lipinski definition) is 3. The van der Waals surface area contributed by atoms with E-state index < -0.39 is 17.8 Å². The van der Waals surface area contributed by atoms with E-state index >= 15 is 0 Å².